The van der Waals surface area contributed by atoms with Crippen LogP contribution in [0.2, 0.25) is 0 Å². The molecule has 0 saturated heterocycles. The molecule has 2 aromatic heterocycles. The van der Waals surface area contributed by atoms with Crippen LogP contribution in [0.3, 0.4) is 0 Å². The first-order valence-corrected chi connectivity index (χ1v) is 5.70. The van der Waals surface area contributed by atoms with Crippen LogP contribution in [-0.2, 0) is 0 Å². The summed E-state index contributed by atoms with van der Waals surface area (Å²) in [7, 11) is 1.63. The summed E-state index contributed by atoms with van der Waals surface area (Å²) in [6, 6.07) is 7.57. The van der Waals surface area contributed by atoms with Crippen LogP contribution in [0.1, 0.15) is 0 Å². The van der Waals surface area contributed by atoms with Crippen LogP contribution in [-0.4, -0.2) is 32.3 Å². The molecule has 6 nitrogen and oxygen atoms in total. The Hall–Kier alpha value is -2.76. The first kappa shape index (κ1) is 11.3. The molecule has 1 aromatic carbocycles. The normalized spacial score (nSPS) is 10.4. The third-order valence-corrected chi connectivity index (χ3v) is 2.62. The topological polar surface area (TPSA) is 76.6 Å². The zero-order valence-corrected chi connectivity index (χ0v) is 10.2. The van der Waals surface area contributed by atoms with Gasteiger partial charge in [0.05, 0.1) is 13.3 Å². The molecule has 6 heteroatoms. The molecule has 3 rings (SSSR count). The molecular weight excluding hydrogens is 242 g/mol. The Morgan fingerprint density at radius 1 is 1.21 bits per heavy atom. The fourth-order valence-corrected chi connectivity index (χ4v) is 1.69. The van der Waals surface area contributed by atoms with E-state index in [1.54, 1.807) is 25.7 Å². The highest BCUT2D eigenvalue weighted by Crippen LogP contribution is 2.22. The molecule has 94 valence electrons. The number of ether oxygens (including phenoxy) is 1. The van der Waals surface area contributed by atoms with Crippen molar-refractivity contribution in [3.8, 4) is 28.7 Å². The standard InChI is InChI=1S/C13H11N5O/c1-19-10-4-2-3-9(7-10)12-16-13(18-17-12)11-8-14-5-6-15-11/h2-8H,1H3,(H,16,17,18). The van der Waals surface area contributed by atoms with Gasteiger partial charge in [0.25, 0.3) is 0 Å². The van der Waals surface area contributed by atoms with Crippen molar-refractivity contribution in [3.63, 3.8) is 0 Å². The van der Waals surface area contributed by atoms with E-state index in [9.17, 15) is 0 Å². The Morgan fingerprint density at radius 3 is 2.95 bits per heavy atom. The van der Waals surface area contributed by atoms with Crippen molar-refractivity contribution in [1.82, 2.24) is 25.1 Å². The van der Waals surface area contributed by atoms with Gasteiger partial charge in [-0.3, -0.25) is 10.1 Å². The highest BCUT2D eigenvalue weighted by atomic mass is 16.5. The number of rotatable bonds is 3. The third-order valence-electron chi connectivity index (χ3n) is 2.62. The minimum atomic E-state index is 0.589. The minimum absolute atomic E-state index is 0.589. The summed E-state index contributed by atoms with van der Waals surface area (Å²) in [5, 5.41) is 7.03. The number of nitrogens with zero attached hydrogens (tertiary/aromatic N) is 4. The molecule has 0 aliphatic carbocycles. The Balaban J connectivity index is 1.97. The average molecular weight is 253 g/mol. The van der Waals surface area contributed by atoms with Crippen molar-refractivity contribution >= 4 is 0 Å². The molecule has 0 saturated carbocycles. The predicted molar refractivity (Wildman–Crippen MR) is 69.4 cm³/mol. The second kappa shape index (κ2) is 4.85. The fourth-order valence-electron chi connectivity index (χ4n) is 1.69. The maximum absolute atomic E-state index is 5.18. The van der Waals surface area contributed by atoms with Gasteiger partial charge in [-0.2, -0.15) is 5.10 Å². The lowest BCUT2D eigenvalue weighted by Crippen LogP contribution is -1.86. The van der Waals surface area contributed by atoms with Crippen molar-refractivity contribution in [2.45, 2.75) is 0 Å². The highest BCUT2D eigenvalue weighted by Gasteiger charge is 2.09. The quantitative estimate of drug-likeness (QED) is 0.771. The van der Waals surface area contributed by atoms with Crippen LogP contribution in [0.4, 0.5) is 0 Å². The van der Waals surface area contributed by atoms with Gasteiger partial charge in [0.2, 0.25) is 0 Å². The Kier molecular flexibility index (Phi) is 2.89. The summed E-state index contributed by atoms with van der Waals surface area (Å²) >= 11 is 0. The van der Waals surface area contributed by atoms with Gasteiger partial charge in [-0.05, 0) is 12.1 Å². The number of aromatic nitrogens is 5. The number of hydrogen-bond donors (Lipinski definition) is 1. The SMILES string of the molecule is COc1cccc(-c2n[nH]c(-c3cnccn3)n2)c1. The van der Waals surface area contributed by atoms with E-state index in [-0.39, 0.29) is 0 Å². The first-order chi connectivity index (χ1) is 9.36. The van der Waals surface area contributed by atoms with Gasteiger partial charge in [0.1, 0.15) is 11.4 Å². The van der Waals surface area contributed by atoms with Crippen molar-refractivity contribution in [2.75, 3.05) is 7.11 Å². The molecule has 0 spiro atoms. The van der Waals surface area contributed by atoms with Crippen LogP contribution in [0.5, 0.6) is 5.75 Å². The summed E-state index contributed by atoms with van der Waals surface area (Å²) in [5.41, 5.74) is 1.54. The third kappa shape index (κ3) is 2.28. The predicted octanol–water partition coefficient (Wildman–Crippen LogP) is 1.94. The zero-order chi connectivity index (χ0) is 13.1. The summed E-state index contributed by atoms with van der Waals surface area (Å²) in [5.74, 6) is 1.95. The average Bonchev–Trinajstić information content (AvgIpc) is 2.98. The number of aromatic amines is 1. The molecule has 3 aromatic rings. The Labute approximate surface area is 109 Å². The molecular formula is C13H11N5O. The molecule has 1 N–H and O–H groups in total. The summed E-state index contributed by atoms with van der Waals surface area (Å²) < 4.78 is 5.18. The van der Waals surface area contributed by atoms with Gasteiger partial charge in [0.15, 0.2) is 11.6 Å². The van der Waals surface area contributed by atoms with Gasteiger partial charge in [0, 0.05) is 18.0 Å². The molecule has 0 aliphatic rings. The van der Waals surface area contributed by atoms with Crippen LogP contribution >= 0.6 is 0 Å². The van der Waals surface area contributed by atoms with Crippen LogP contribution in [0, 0.1) is 0 Å². The number of benzene rings is 1. The molecule has 0 radical (unpaired) electrons. The maximum atomic E-state index is 5.18. The van der Waals surface area contributed by atoms with Gasteiger partial charge < -0.3 is 4.74 Å². The summed E-state index contributed by atoms with van der Waals surface area (Å²) in [6.45, 7) is 0. The summed E-state index contributed by atoms with van der Waals surface area (Å²) in [6.07, 6.45) is 4.86. The second-order valence-corrected chi connectivity index (χ2v) is 3.83. The first-order valence-electron chi connectivity index (χ1n) is 5.70. The lowest BCUT2D eigenvalue weighted by atomic mass is 10.2. The molecule has 0 amide bonds. The molecule has 0 aliphatic heterocycles. The van der Waals surface area contributed by atoms with Crippen molar-refractivity contribution in [3.05, 3.63) is 42.9 Å². The van der Waals surface area contributed by atoms with E-state index in [0.717, 1.165) is 11.3 Å². The number of nitrogens with one attached hydrogen (secondary N) is 1. The van der Waals surface area contributed by atoms with Crippen LogP contribution in [0.25, 0.3) is 22.9 Å². The smallest absolute Gasteiger partial charge is 0.181 e. The Morgan fingerprint density at radius 2 is 2.16 bits per heavy atom. The minimum Gasteiger partial charge on any atom is -0.497 e. The summed E-state index contributed by atoms with van der Waals surface area (Å²) in [4.78, 5) is 12.6. The van der Waals surface area contributed by atoms with E-state index < -0.39 is 0 Å². The van der Waals surface area contributed by atoms with E-state index in [1.807, 2.05) is 24.3 Å². The largest absolute Gasteiger partial charge is 0.497 e. The van der Waals surface area contributed by atoms with Gasteiger partial charge in [-0.25, -0.2) is 9.97 Å². The van der Waals surface area contributed by atoms with E-state index in [1.165, 1.54) is 0 Å². The second-order valence-electron chi connectivity index (χ2n) is 3.83. The zero-order valence-electron chi connectivity index (χ0n) is 10.2. The molecule has 0 bridgehead atoms. The maximum Gasteiger partial charge on any atom is 0.181 e. The lowest BCUT2D eigenvalue weighted by Gasteiger charge is -2.00. The van der Waals surface area contributed by atoms with Crippen LogP contribution in [0.15, 0.2) is 42.9 Å². The highest BCUT2D eigenvalue weighted by molar-refractivity contribution is 5.60. The van der Waals surface area contributed by atoms with E-state index in [0.29, 0.717) is 17.3 Å². The molecule has 0 fully saturated rings. The van der Waals surface area contributed by atoms with E-state index in [4.69, 9.17) is 4.74 Å². The van der Waals surface area contributed by atoms with E-state index in [2.05, 4.69) is 25.1 Å². The molecule has 19 heavy (non-hydrogen) atoms. The molecule has 2 heterocycles. The van der Waals surface area contributed by atoms with Gasteiger partial charge >= 0.3 is 0 Å². The number of hydrogen-bond acceptors (Lipinski definition) is 5. The molecule has 0 unspecified atom stereocenters. The number of methoxy groups -OCH3 is 1. The van der Waals surface area contributed by atoms with Gasteiger partial charge in [-0.1, -0.05) is 12.1 Å². The van der Waals surface area contributed by atoms with E-state index >= 15 is 0 Å². The number of H-pyrrole nitrogens is 1. The van der Waals surface area contributed by atoms with Gasteiger partial charge in [-0.15, -0.1) is 0 Å². The van der Waals surface area contributed by atoms with Crippen molar-refractivity contribution in [1.29, 1.82) is 0 Å². The Bertz CT molecular complexity index is 680. The van der Waals surface area contributed by atoms with Crippen molar-refractivity contribution in [2.24, 2.45) is 0 Å². The fraction of sp³-hybridized carbons (Fsp3) is 0.0769. The lowest BCUT2D eigenvalue weighted by molar-refractivity contribution is 0.415. The molecule has 0 atom stereocenters. The van der Waals surface area contributed by atoms with Crippen LogP contribution < -0.4 is 4.74 Å². The monoisotopic (exact) mass is 253 g/mol. The van der Waals surface area contributed by atoms with Crippen molar-refractivity contribution < 1.29 is 4.74 Å².